The van der Waals surface area contributed by atoms with Gasteiger partial charge in [-0.05, 0) is 0 Å². The van der Waals surface area contributed by atoms with Crippen molar-refractivity contribution < 1.29 is 28.9 Å². The molecule has 2 aromatic carbocycles. The molecular weight excluding hydrogens is 559 g/mol. The third kappa shape index (κ3) is 5.37. The quantitative estimate of drug-likeness (QED) is 0.260. The van der Waals surface area contributed by atoms with E-state index in [0.29, 0.717) is 26.4 Å². The molecule has 0 spiro atoms. The first-order valence-corrected chi connectivity index (χ1v) is 14.4. The van der Waals surface area contributed by atoms with Crippen LogP contribution in [-0.2, 0) is 9.53 Å². The monoisotopic (exact) mass is 582 g/mol. The molecule has 2 atom stereocenters. The molecule has 12 heteroatoms. The number of benzene rings is 2. The Labute approximate surface area is 222 Å². The molecule has 0 radical (unpaired) electrons. The Bertz CT molecular complexity index is 1500. The van der Waals surface area contributed by atoms with E-state index in [4.69, 9.17) is 14.2 Å². The van der Waals surface area contributed by atoms with Crippen LogP contribution in [0.4, 0.5) is 5.13 Å². The van der Waals surface area contributed by atoms with Crippen LogP contribution in [0.2, 0.25) is 0 Å². The van der Waals surface area contributed by atoms with Crippen LogP contribution in [0.5, 0.6) is 17.2 Å². The van der Waals surface area contributed by atoms with E-state index >= 15 is 0 Å². The summed E-state index contributed by atoms with van der Waals surface area (Å²) in [6.45, 7) is 5.52. The van der Waals surface area contributed by atoms with E-state index in [9.17, 15) is 14.7 Å². The van der Waals surface area contributed by atoms with Gasteiger partial charge in [-0.2, -0.15) is 0 Å². The zero-order chi connectivity index (χ0) is 26.2. The second-order valence-corrected chi connectivity index (χ2v) is 13.6. The van der Waals surface area contributed by atoms with Crippen molar-refractivity contribution >= 4 is 58.8 Å². The molecule has 0 aliphatic carbocycles. The number of carbonyl (C=O) groups excluding carboxylic acids is 2. The molecule has 3 heterocycles. The van der Waals surface area contributed by atoms with Crippen molar-refractivity contribution in [3.8, 4) is 17.2 Å². The number of fused-ring (bicyclic) bond motifs is 2. The Hall–Kier alpha value is -3.69. The number of aromatic nitrogens is 3. The normalized spacial score (nSPS) is 13.7. The average Bonchev–Trinajstić information content (AvgIpc) is 3.51. The number of para-hydroxylation sites is 1. The van der Waals surface area contributed by atoms with Gasteiger partial charge in [0.1, 0.15) is 0 Å². The van der Waals surface area contributed by atoms with E-state index < -0.39 is 32.0 Å². The predicted molar refractivity (Wildman–Crippen MR) is 139 cm³/mol. The average molecular weight is 582 g/mol. The molecule has 2 aromatic heterocycles. The van der Waals surface area contributed by atoms with Crippen LogP contribution in [-0.4, -0.2) is 60.3 Å². The van der Waals surface area contributed by atoms with Crippen LogP contribution in [0.25, 0.3) is 10.9 Å². The Morgan fingerprint density at radius 2 is 1.97 bits per heavy atom. The number of nitrogens with one attached hydrogen (secondary N) is 1. The molecule has 5 rings (SSSR count). The number of aromatic hydroxyl groups is 1. The number of esters is 1. The van der Waals surface area contributed by atoms with Crippen LogP contribution in [0, 0.1) is 0 Å². The second kappa shape index (κ2) is 9.99. The van der Waals surface area contributed by atoms with Crippen molar-refractivity contribution in [3.05, 3.63) is 59.8 Å². The molecule has 0 fully saturated rings. The number of rotatable bonds is 6. The number of carbonyl (C=O) groups is 2. The Kier molecular flexibility index (Phi) is 6.74. The van der Waals surface area contributed by atoms with E-state index in [2.05, 4.69) is 20.5 Å². The van der Waals surface area contributed by atoms with E-state index in [-0.39, 0.29) is 29.2 Å². The number of hydrogen-bond donors (Lipinski definition) is 2. The number of phenolic OH excluding ortho intramolecular Hbond substituents is 1. The molecule has 10 nitrogen and oxygen atoms in total. The molecule has 190 valence electrons. The topological polar surface area (TPSA) is 133 Å². The van der Waals surface area contributed by atoms with E-state index in [1.54, 1.807) is 30.5 Å². The van der Waals surface area contributed by atoms with Crippen LogP contribution in [0.3, 0.4) is 0 Å². The number of anilines is 1. The van der Waals surface area contributed by atoms with Crippen molar-refractivity contribution in [2.75, 3.05) is 12.1 Å². The van der Waals surface area contributed by atoms with Crippen molar-refractivity contribution in [3.63, 3.8) is 0 Å². The van der Waals surface area contributed by atoms with Gasteiger partial charge in [0.2, 0.25) is 0 Å². The summed E-state index contributed by atoms with van der Waals surface area (Å²) in [5.74, 6) is -0.0272. The maximum absolute atomic E-state index is 13.2. The summed E-state index contributed by atoms with van der Waals surface area (Å²) in [5, 5.41) is 22.5. The molecule has 1 aliphatic rings. The predicted octanol–water partition coefficient (Wildman–Crippen LogP) is 2.92. The minimum absolute atomic E-state index is 0.0719. The first-order valence-electron chi connectivity index (χ1n) is 11.3. The first-order chi connectivity index (χ1) is 17.7. The molecule has 0 saturated heterocycles. The van der Waals surface area contributed by atoms with Crippen molar-refractivity contribution in [2.24, 2.45) is 0 Å². The Morgan fingerprint density at radius 3 is 2.78 bits per heavy atom. The first kappa shape index (κ1) is 25.0. The fraction of sp³-hybridized carbons (Fsp3) is 0.240. The third-order valence-corrected chi connectivity index (χ3v) is 9.67. The van der Waals surface area contributed by atoms with Gasteiger partial charge in [-0.15, -0.1) is 0 Å². The zero-order valence-corrected chi connectivity index (χ0v) is 23.1. The summed E-state index contributed by atoms with van der Waals surface area (Å²) in [6.07, 6.45) is 1.55. The summed E-state index contributed by atoms with van der Waals surface area (Å²) < 4.78 is 16.9. The van der Waals surface area contributed by atoms with Gasteiger partial charge in [-0.3, -0.25) is 0 Å². The standard InChI is InChI=1S/C25H23AsN4O6S/c1-25(2,3)36-22(33)17(14-7-4-8-16-20(14)35-12-34-16)26-23-29-30-24(37-23)28-21(32)15-10-9-13-6-5-11-27-18(13)19(15)31/h4-11,17,26,31H,12H2,1-3H3,(H,28,30,32). The van der Waals surface area contributed by atoms with E-state index in [0.717, 1.165) is 5.39 Å². The van der Waals surface area contributed by atoms with Crippen molar-refractivity contribution in [1.82, 2.24) is 15.2 Å². The number of hydrogen-bond acceptors (Lipinski definition) is 10. The minimum atomic E-state index is -1.26. The fourth-order valence-electron chi connectivity index (χ4n) is 3.74. The van der Waals surface area contributed by atoms with Crippen LogP contribution in [0.15, 0.2) is 48.7 Å². The second-order valence-electron chi connectivity index (χ2n) is 9.10. The summed E-state index contributed by atoms with van der Waals surface area (Å²) in [7, 11) is 0. The van der Waals surface area contributed by atoms with Crippen LogP contribution < -0.4 is 18.6 Å². The van der Waals surface area contributed by atoms with Crippen LogP contribution >= 0.6 is 11.3 Å². The molecule has 1 amide bonds. The van der Waals surface area contributed by atoms with Gasteiger partial charge in [0.05, 0.1) is 0 Å². The number of ether oxygens (including phenoxy) is 3. The third-order valence-electron chi connectivity index (χ3n) is 5.29. The maximum atomic E-state index is 13.2. The van der Waals surface area contributed by atoms with Gasteiger partial charge < -0.3 is 0 Å². The molecule has 4 aromatic rings. The number of pyridine rings is 1. The van der Waals surface area contributed by atoms with Crippen molar-refractivity contribution in [1.29, 1.82) is 0 Å². The van der Waals surface area contributed by atoms with Gasteiger partial charge in [-0.25, -0.2) is 0 Å². The van der Waals surface area contributed by atoms with E-state index in [1.165, 1.54) is 17.4 Å². The molecular formula is C25H23AsN4O6S. The molecule has 2 unspecified atom stereocenters. The molecule has 0 saturated carbocycles. The van der Waals surface area contributed by atoms with Gasteiger partial charge in [0, 0.05) is 0 Å². The Balaban J connectivity index is 1.38. The molecule has 0 bridgehead atoms. The molecule has 2 N–H and O–H groups in total. The zero-order valence-electron chi connectivity index (χ0n) is 20.1. The Morgan fingerprint density at radius 1 is 1.14 bits per heavy atom. The molecule has 1 aliphatic heterocycles. The molecule has 37 heavy (non-hydrogen) atoms. The van der Waals surface area contributed by atoms with Gasteiger partial charge in [-0.1, -0.05) is 0 Å². The summed E-state index contributed by atoms with van der Waals surface area (Å²) in [4.78, 5) is 30.3. The number of nitrogens with zero attached hydrogens (tertiary/aromatic N) is 3. The van der Waals surface area contributed by atoms with Crippen molar-refractivity contribution in [2.45, 2.75) is 31.1 Å². The van der Waals surface area contributed by atoms with E-state index in [1.807, 2.05) is 32.9 Å². The summed E-state index contributed by atoms with van der Waals surface area (Å²) in [6, 6.07) is 12.2. The van der Waals surface area contributed by atoms with Gasteiger partial charge >= 0.3 is 223 Å². The summed E-state index contributed by atoms with van der Waals surface area (Å²) >= 11 is -0.0779. The van der Waals surface area contributed by atoms with Gasteiger partial charge in [0.25, 0.3) is 0 Å². The number of phenols is 1. The fourth-order valence-corrected chi connectivity index (χ4v) is 7.80. The number of amides is 1. The van der Waals surface area contributed by atoms with Crippen LogP contribution in [0.1, 0.15) is 41.4 Å². The van der Waals surface area contributed by atoms with Gasteiger partial charge in [0.15, 0.2) is 0 Å². The SMILES string of the molecule is CC(C)(C)OC(=O)C([AsH]c1nnc(NC(=O)c2ccc3cccnc3c2O)s1)c1cccc2c1OCO2. The summed E-state index contributed by atoms with van der Waals surface area (Å²) in [5.41, 5.74) is 0.413.